The van der Waals surface area contributed by atoms with Crippen LogP contribution in [-0.2, 0) is 4.79 Å². The van der Waals surface area contributed by atoms with Crippen LogP contribution < -0.4 is 11.1 Å². The Balaban J connectivity index is 1.60. The number of amidine groups is 1. The minimum absolute atomic E-state index is 0.160. The van der Waals surface area contributed by atoms with Gasteiger partial charge in [0.2, 0.25) is 5.91 Å². The molecule has 2 aliphatic rings. The zero-order chi connectivity index (χ0) is 13.7. The maximum Gasteiger partial charge on any atom is 0.223 e. The predicted octanol–water partition coefficient (Wildman–Crippen LogP) is 0.505. The van der Waals surface area contributed by atoms with Crippen molar-refractivity contribution in [3.8, 4) is 0 Å². The number of carbonyl (C=O) groups is 1. The number of carbonyl (C=O) groups excluding carboxylic acids is 1. The highest BCUT2D eigenvalue weighted by atomic mass is 16.4. The van der Waals surface area contributed by atoms with E-state index in [0.717, 1.165) is 45.3 Å². The molecule has 1 saturated carbocycles. The number of hydrogen-bond donors (Lipinski definition) is 3. The second-order valence-corrected chi connectivity index (χ2v) is 5.78. The quantitative estimate of drug-likeness (QED) is 0.206. The topological polar surface area (TPSA) is 91.0 Å². The van der Waals surface area contributed by atoms with Crippen molar-refractivity contribution in [1.82, 2.24) is 10.2 Å². The van der Waals surface area contributed by atoms with E-state index in [1.165, 1.54) is 0 Å². The number of likely N-dealkylation sites (tertiary alicyclic amines) is 1. The molecule has 0 radical (unpaired) electrons. The average molecular weight is 268 g/mol. The predicted molar refractivity (Wildman–Crippen MR) is 73.0 cm³/mol. The first-order chi connectivity index (χ1) is 9.15. The fourth-order valence-corrected chi connectivity index (χ4v) is 2.69. The molecule has 4 N–H and O–H groups in total. The summed E-state index contributed by atoms with van der Waals surface area (Å²) in [6, 6.07) is 0. The first-order valence-electron chi connectivity index (χ1n) is 7.10. The Morgan fingerprint density at radius 1 is 1.37 bits per heavy atom. The number of hydrogen-bond acceptors (Lipinski definition) is 4. The first kappa shape index (κ1) is 14.1. The zero-order valence-electron chi connectivity index (χ0n) is 11.4. The summed E-state index contributed by atoms with van der Waals surface area (Å²) in [5.41, 5.74) is 5.71. The van der Waals surface area contributed by atoms with Gasteiger partial charge >= 0.3 is 0 Å². The van der Waals surface area contributed by atoms with Gasteiger partial charge in [-0.2, -0.15) is 0 Å². The highest BCUT2D eigenvalue weighted by molar-refractivity contribution is 5.80. The van der Waals surface area contributed by atoms with Crippen molar-refractivity contribution in [1.29, 1.82) is 0 Å². The monoisotopic (exact) mass is 268 g/mol. The zero-order valence-corrected chi connectivity index (χ0v) is 11.4. The normalized spacial score (nSPS) is 21.7. The van der Waals surface area contributed by atoms with Crippen molar-refractivity contribution in [3.05, 3.63) is 0 Å². The van der Waals surface area contributed by atoms with Crippen LogP contribution >= 0.6 is 0 Å². The van der Waals surface area contributed by atoms with Gasteiger partial charge in [0.1, 0.15) is 5.84 Å². The van der Waals surface area contributed by atoms with Gasteiger partial charge < -0.3 is 21.2 Å². The lowest BCUT2D eigenvalue weighted by Crippen LogP contribution is -2.33. The number of amides is 1. The van der Waals surface area contributed by atoms with Gasteiger partial charge in [0.25, 0.3) is 0 Å². The van der Waals surface area contributed by atoms with E-state index >= 15 is 0 Å². The number of nitrogens with two attached hydrogens (primary N) is 1. The van der Waals surface area contributed by atoms with E-state index in [1.54, 1.807) is 0 Å². The Morgan fingerprint density at radius 3 is 2.63 bits per heavy atom. The molecule has 0 aromatic rings. The van der Waals surface area contributed by atoms with E-state index in [4.69, 9.17) is 10.9 Å². The van der Waals surface area contributed by atoms with Gasteiger partial charge in [0.15, 0.2) is 0 Å². The molecule has 0 atom stereocenters. The third kappa shape index (κ3) is 4.09. The van der Waals surface area contributed by atoms with Crippen molar-refractivity contribution in [2.45, 2.75) is 38.5 Å². The smallest absolute Gasteiger partial charge is 0.223 e. The minimum Gasteiger partial charge on any atom is -0.409 e. The molecule has 1 aliphatic carbocycles. The van der Waals surface area contributed by atoms with E-state index in [-0.39, 0.29) is 11.3 Å². The maximum absolute atomic E-state index is 11.8. The van der Waals surface area contributed by atoms with Crippen LogP contribution in [0.4, 0.5) is 0 Å². The van der Waals surface area contributed by atoms with Crippen LogP contribution in [0.3, 0.4) is 0 Å². The Hall–Kier alpha value is -1.30. The van der Waals surface area contributed by atoms with Crippen molar-refractivity contribution in [3.63, 3.8) is 0 Å². The third-order valence-corrected chi connectivity index (χ3v) is 4.12. The van der Waals surface area contributed by atoms with Gasteiger partial charge in [-0.3, -0.25) is 4.79 Å². The van der Waals surface area contributed by atoms with Crippen molar-refractivity contribution < 1.29 is 10.0 Å². The van der Waals surface area contributed by atoms with Gasteiger partial charge in [-0.25, -0.2) is 0 Å². The molecule has 1 heterocycles. The molecule has 19 heavy (non-hydrogen) atoms. The lowest BCUT2D eigenvalue weighted by atomic mass is 10.0. The highest BCUT2D eigenvalue weighted by Crippen LogP contribution is 2.48. The van der Waals surface area contributed by atoms with E-state index < -0.39 is 0 Å². The van der Waals surface area contributed by atoms with Crippen LogP contribution in [0.2, 0.25) is 0 Å². The summed E-state index contributed by atoms with van der Waals surface area (Å²) < 4.78 is 0. The maximum atomic E-state index is 11.8. The van der Waals surface area contributed by atoms with E-state index in [9.17, 15) is 4.79 Å². The third-order valence-electron chi connectivity index (χ3n) is 4.12. The Labute approximate surface area is 114 Å². The van der Waals surface area contributed by atoms with E-state index in [0.29, 0.717) is 25.2 Å². The largest absolute Gasteiger partial charge is 0.409 e. The fourth-order valence-electron chi connectivity index (χ4n) is 2.69. The van der Waals surface area contributed by atoms with Crippen LogP contribution in [0.15, 0.2) is 5.16 Å². The number of oxime groups is 1. The molecule has 1 saturated heterocycles. The summed E-state index contributed by atoms with van der Waals surface area (Å²) in [4.78, 5) is 13.8. The number of rotatable bonds is 7. The Morgan fingerprint density at radius 2 is 2.05 bits per heavy atom. The highest BCUT2D eigenvalue weighted by Gasteiger charge is 2.42. The van der Waals surface area contributed by atoms with Gasteiger partial charge in [-0.05, 0) is 31.1 Å². The molecule has 0 bridgehead atoms. The molecular weight excluding hydrogens is 244 g/mol. The molecule has 108 valence electrons. The van der Waals surface area contributed by atoms with Crippen LogP contribution in [0, 0.1) is 5.41 Å². The van der Waals surface area contributed by atoms with Gasteiger partial charge in [-0.15, -0.1) is 0 Å². The standard InChI is InChI=1S/C13H24N4O2/c14-11(16-19)9-13(4-5-13)10-15-6-3-12(18)17-7-1-2-8-17/h15,19H,1-10H2,(H2,14,16). The molecule has 0 spiro atoms. The van der Waals surface area contributed by atoms with Gasteiger partial charge in [0.05, 0.1) is 0 Å². The summed E-state index contributed by atoms with van der Waals surface area (Å²) >= 11 is 0. The second kappa shape index (κ2) is 6.23. The Bertz CT molecular complexity index is 347. The van der Waals surface area contributed by atoms with Crippen LogP contribution in [0.1, 0.15) is 38.5 Å². The Kier molecular flexibility index (Phi) is 4.63. The molecular formula is C13H24N4O2. The summed E-state index contributed by atoms with van der Waals surface area (Å²) in [5.74, 6) is 0.554. The lowest BCUT2D eigenvalue weighted by molar-refractivity contribution is -0.130. The summed E-state index contributed by atoms with van der Waals surface area (Å²) in [6.45, 7) is 3.41. The molecule has 6 heteroatoms. The van der Waals surface area contributed by atoms with Crippen LogP contribution in [0.25, 0.3) is 0 Å². The summed E-state index contributed by atoms with van der Waals surface area (Å²) in [5, 5.41) is 14.9. The van der Waals surface area contributed by atoms with E-state index in [2.05, 4.69) is 10.5 Å². The molecule has 1 aliphatic heterocycles. The van der Waals surface area contributed by atoms with Gasteiger partial charge in [-0.1, -0.05) is 5.16 Å². The molecule has 2 rings (SSSR count). The lowest BCUT2D eigenvalue weighted by Gasteiger charge is -2.17. The second-order valence-electron chi connectivity index (χ2n) is 5.78. The van der Waals surface area contributed by atoms with Crippen LogP contribution in [0.5, 0.6) is 0 Å². The van der Waals surface area contributed by atoms with Crippen molar-refractivity contribution in [2.24, 2.45) is 16.3 Å². The molecule has 6 nitrogen and oxygen atoms in total. The molecule has 2 fully saturated rings. The molecule has 1 amide bonds. The van der Waals surface area contributed by atoms with E-state index in [1.807, 2.05) is 4.90 Å². The van der Waals surface area contributed by atoms with Crippen molar-refractivity contribution >= 4 is 11.7 Å². The molecule has 0 aromatic heterocycles. The summed E-state index contributed by atoms with van der Waals surface area (Å²) in [7, 11) is 0. The van der Waals surface area contributed by atoms with Crippen LogP contribution in [-0.4, -0.2) is 48.0 Å². The minimum atomic E-state index is 0.160. The summed E-state index contributed by atoms with van der Waals surface area (Å²) in [6.07, 6.45) is 5.70. The SMILES string of the molecule is NC(CC1(CNCCC(=O)N2CCCC2)CC1)=NO. The number of nitrogens with zero attached hydrogens (tertiary/aromatic N) is 2. The molecule has 0 aromatic carbocycles. The van der Waals surface area contributed by atoms with Crippen molar-refractivity contribution in [2.75, 3.05) is 26.2 Å². The van der Waals surface area contributed by atoms with Gasteiger partial charge in [0, 0.05) is 39.0 Å². The molecule has 0 unspecified atom stereocenters. The fraction of sp³-hybridized carbons (Fsp3) is 0.846. The first-order valence-corrected chi connectivity index (χ1v) is 7.10. The average Bonchev–Trinajstić information content (AvgIpc) is 2.94. The number of nitrogens with one attached hydrogen (secondary N) is 1.